The van der Waals surface area contributed by atoms with Gasteiger partial charge in [0.25, 0.3) is 0 Å². The van der Waals surface area contributed by atoms with E-state index in [1.165, 1.54) is 5.56 Å². The molecule has 0 aliphatic rings. The minimum Gasteiger partial charge on any atom is -0.492 e. The second kappa shape index (κ2) is 5.84. The van der Waals surface area contributed by atoms with Gasteiger partial charge in [0.2, 0.25) is 0 Å². The molecule has 0 amide bonds. The van der Waals surface area contributed by atoms with Gasteiger partial charge in [-0.25, -0.2) is 4.84 Å². The van der Waals surface area contributed by atoms with E-state index in [-0.39, 0.29) is 0 Å². The van der Waals surface area contributed by atoms with Crippen LogP contribution in [0.4, 0.5) is 0 Å². The van der Waals surface area contributed by atoms with Crippen molar-refractivity contribution in [3.8, 4) is 5.75 Å². The van der Waals surface area contributed by atoms with E-state index in [9.17, 15) is 0 Å². The molecule has 0 unspecified atom stereocenters. The van der Waals surface area contributed by atoms with Gasteiger partial charge in [-0.05, 0) is 35.9 Å². The van der Waals surface area contributed by atoms with Crippen molar-refractivity contribution < 1.29 is 4.74 Å². The SMILES string of the molecule is CCc1cccc(OCCNCl)c1. The van der Waals surface area contributed by atoms with Gasteiger partial charge in [0, 0.05) is 6.54 Å². The topological polar surface area (TPSA) is 21.3 Å². The summed E-state index contributed by atoms with van der Waals surface area (Å²) in [5, 5.41) is 0. The van der Waals surface area contributed by atoms with E-state index in [1.54, 1.807) is 0 Å². The zero-order chi connectivity index (χ0) is 9.52. The molecule has 0 aliphatic carbocycles. The molecule has 0 fully saturated rings. The fraction of sp³-hybridized carbons (Fsp3) is 0.400. The van der Waals surface area contributed by atoms with E-state index in [0.717, 1.165) is 12.2 Å². The number of hydrogen-bond acceptors (Lipinski definition) is 2. The van der Waals surface area contributed by atoms with E-state index >= 15 is 0 Å². The first-order chi connectivity index (χ1) is 6.36. The maximum atomic E-state index is 5.44. The number of benzene rings is 1. The molecule has 0 aliphatic heterocycles. The van der Waals surface area contributed by atoms with Crippen molar-refractivity contribution in [2.24, 2.45) is 0 Å². The molecule has 0 spiro atoms. The van der Waals surface area contributed by atoms with Crippen molar-refractivity contribution in [2.45, 2.75) is 13.3 Å². The molecule has 0 saturated carbocycles. The summed E-state index contributed by atoms with van der Waals surface area (Å²) in [6, 6.07) is 8.09. The van der Waals surface area contributed by atoms with Crippen LogP contribution in [0.3, 0.4) is 0 Å². The summed E-state index contributed by atoms with van der Waals surface area (Å²) in [6.45, 7) is 3.37. The van der Waals surface area contributed by atoms with Crippen molar-refractivity contribution in [1.29, 1.82) is 0 Å². The molecule has 1 aromatic rings. The molecule has 0 aromatic heterocycles. The average molecular weight is 200 g/mol. The van der Waals surface area contributed by atoms with Crippen molar-refractivity contribution >= 4 is 11.8 Å². The third-order valence-electron chi connectivity index (χ3n) is 1.77. The van der Waals surface area contributed by atoms with Gasteiger partial charge < -0.3 is 4.74 Å². The minimum atomic E-state index is 0.594. The Balaban J connectivity index is 2.46. The predicted molar refractivity (Wildman–Crippen MR) is 55.2 cm³/mol. The monoisotopic (exact) mass is 199 g/mol. The summed E-state index contributed by atoms with van der Waals surface area (Å²) in [7, 11) is 0. The smallest absolute Gasteiger partial charge is 0.119 e. The second-order valence-corrected chi connectivity index (χ2v) is 3.00. The Morgan fingerprint density at radius 3 is 3.00 bits per heavy atom. The molecular weight excluding hydrogens is 186 g/mol. The van der Waals surface area contributed by atoms with Crippen LogP contribution in [-0.2, 0) is 6.42 Å². The van der Waals surface area contributed by atoms with Gasteiger partial charge in [0.1, 0.15) is 12.4 Å². The molecule has 72 valence electrons. The molecule has 0 heterocycles. The predicted octanol–water partition coefficient (Wildman–Crippen LogP) is 2.37. The highest BCUT2D eigenvalue weighted by Crippen LogP contribution is 2.13. The van der Waals surface area contributed by atoms with Crippen LogP contribution >= 0.6 is 11.8 Å². The molecule has 0 saturated heterocycles. The van der Waals surface area contributed by atoms with Gasteiger partial charge >= 0.3 is 0 Å². The van der Waals surface area contributed by atoms with Gasteiger partial charge in [-0.2, -0.15) is 0 Å². The zero-order valence-corrected chi connectivity index (χ0v) is 8.47. The third kappa shape index (κ3) is 3.66. The normalized spacial score (nSPS) is 10.0. The first kappa shape index (κ1) is 10.4. The summed E-state index contributed by atoms with van der Waals surface area (Å²) in [5.41, 5.74) is 1.29. The zero-order valence-electron chi connectivity index (χ0n) is 7.72. The van der Waals surface area contributed by atoms with Crippen LogP contribution in [0.15, 0.2) is 24.3 Å². The van der Waals surface area contributed by atoms with Crippen molar-refractivity contribution in [2.75, 3.05) is 13.2 Å². The second-order valence-electron chi connectivity index (χ2n) is 2.73. The number of halogens is 1. The van der Waals surface area contributed by atoms with Gasteiger partial charge in [-0.15, -0.1) is 0 Å². The summed E-state index contributed by atoms with van der Waals surface area (Å²) >= 11 is 5.30. The first-order valence-corrected chi connectivity index (χ1v) is 4.80. The Labute approximate surface area is 84.0 Å². The Morgan fingerprint density at radius 1 is 1.46 bits per heavy atom. The quantitative estimate of drug-likeness (QED) is 0.581. The van der Waals surface area contributed by atoms with E-state index in [2.05, 4.69) is 17.8 Å². The first-order valence-electron chi connectivity index (χ1n) is 4.42. The summed E-state index contributed by atoms with van der Waals surface area (Å²) < 4.78 is 5.44. The van der Waals surface area contributed by atoms with Crippen LogP contribution in [0, 0.1) is 0 Å². The largest absolute Gasteiger partial charge is 0.492 e. The Morgan fingerprint density at radius 2 is 2.31 bits per heavy atom. The Bertz CT molecular complexity index is 252. The number of hydrogen-bond donors (Lipinski definition) is 1. The molecule has 0 bridgehead atoms. The maximum absolute atomic E-state index is 5.44. The van der Waals surface area contributed by atoms with E-state index < -0.39 is 0 Å². The minimum absolute atomic E-state index is 0.594. The van der Waals surface area contributed by atoms with Crippen LogP contribution in [0.5, 0.6) is 5.75 Å². The van der Waals surface area contributed by atoms with E-state index in [4.69, 9.17) is 16.5 Å². The molecule has 1 N–H and O–H groups in total. The molecule has 13 heavy (non-hydrogen) atoms. The lowest BCUT2D eigenvalue weighted by Gasteiger charge is -2.05. The summed E-state index contributed by atoms with van der Waals surface area (Å²) in [6.07, 6.45) is 1.03. The van der Waals surface area contributed by atoms with Crippen molar-refractivity contribution in [1.82, 2.24) is 4.84 Å². The summed E-state index contributed by atoms with van der Waals surface area (Å²) in [4.78, 5) is 2.51. The van der Waals surface area contributed by atoms with Gasteiger partial charge in [0.15, 0.2) is 0 Å². The van der Waals surface area contributed by atoms with Crippen LogP contribution in [-0.4, -0.2) is 13.2 Å². The third-order valence-corrected chi connectivity index (χ3v) is 1.96. The molecule has 0 radical (unpaired) electrons. The molecule has 1 rings (SSSR count). The molecule has 1 aromatic carbocycles. The lowest BCUT2D eigenvalue weighted by Crippen LogP contribution is -2.11. The molecule has 3 heteroatoms. The van der Waals surface area contributed by atoms with Crippen LogP contribution in [0.25, 0.3) is 0 Å². The highest BCUT2D eigenvalue weighted by atomic mass is 35.5. The van der Waals surface area contributed by atoms with E-state index in [0.29, 0.717) is 13.2 Å². The van der Waals surface area contributed by atoms with Crippen molar-refractivity contribution in [3.63, 3.8) is 0 Å². The number of aryl methyl sites for hydroxylation is 1. The number of nitrogens with one attached hydrogen (secondary N) is 1. The fourth-order valence-corrected chi connectivity index (χ4v) is 1.14. The standard InChI is InChI=1S/C10H14ClNO/c1-2-9-4-3-5-10(8-9)13-7-6-12-11/h3-5,8,12H,2,6-7H2,1H3. The molecule has 0 atom stereocenters. The lowest BCUT2D eigenvalue weighted by molar-refractivity contribution is 0.323. The van der Waals surface area contributed by atoms with Crippen LogP contribution in [0.2, 0.25) is 0 Å². The number of rotatable bonds is 5. The van der Waals surface area contributed by atoms with Crippen LogP contribution in [0.1, 0.15) is 12.5 Å². The Hall–Kier alpha value is -0.730. The maximum Gasteiger partial charge on any atom is 0.119 e. The Kier molecular flexibility index (Phi) is 4.65. The summed E-state index contributed by atoms with van der Waals surface area (Å²) in [5.74, 6) is 0.909. The highest BCUT2D eigenvalue weighted by Gasteiger charge is 1.94. The van der Waals surface area contributed by atoms with Gasteiger partial charge in [-0.3, -0.25) is 0 Å². The fourth-order valence-electron chi connectivity index (χ4n) is 1.06. The number of ether oxygens (including phenoxy) is 1. The van der Waals surface area contributed by atoms with Gasteiger partial charge in [0.05, 0.1) is 0 Å². The van der Waals surface area contributed by atoms with Gasteiger partial charge in [-0.1, -0.05) is 19.1 Å². The lowest BCUT2D eigenvalue weighted by atomic mass is 10.2. The molecular formula is C10H14ClNO. The molecule has 2 nitrogen and oxygen atoms in total. The van der Waals surface area contributed by atoms with Crippen molar-refractivity contribution in [3.05, 3.63) is 29.8 Å². The average Bonchev–Trinajstić information content (AvgIpc) is 2.19. The highest BCUT2D eigenvalue weighted by molar-refractivity contribution is 6.13. The van der Waals surface area contributed by atoms with E-state index in [1.807, 2.05) is 18.2 Å². The van der Waals surface area contributed by atoms with Crippen LogP contribution < -0.4 is 9.57 Å².